The van der Waals surface area contributed by atoms with Gasteiger partial charge >= 0.3 is 0 Å². The summed E-state index contributed by atoms with van der Waals surface area (Å²) in [5, 5.41) is 5.82. The van der Waals surface area contributed by atoms with E-state index in [4.69, 9.17) is 34.0 Å². The third-order valence-electron chi connectivity index (χ3n) is 8.44. The lowest BCUT2D eigenvalue weighted by Crippen LogP contribution is -2.43. The minimum Gasteiger partial charge on any atom is -0.404 e. The number of fused-ring (bicyclic) bond motifs is 1. The lowest BCUT2D eigenvalue weighted by Gasteiger charge is -2.36. The minimum atomic E-state index is 0.0718. The molecule has 0 bridgehead atoms. The fraction of sp³-hybridized carbons (Fsp3) is 0.250. The zero-order valence-corrected chi connectivity index (χ0v) is 26.5. The van der Waals surface area contributed by atoms with Crippen LogP contribution in [0.1, 0.15) is 54.0 Å². The Balaban J connectivity index is 1.22. The Morgan fingerprint density at radius 2 is 1.63 bits per heavy atom. The predicted octanol–water partition coefficient (Wildman–Crippen LogP) is 8.19. The molecule has 43 heavy (non-hydrogen) atoms. The first-order valence-electron chi connectivity index (χ1n) is 14.6. The molecule has 1 aliphatic carbocycles. The molecule has 0 aromatic heterocycles. The highest BCUT2D eigenvalue weighted by Crippen LogP contribution is 2.40. The van der Waals surface area contributed by atoms with E-state index >= 15 is 0 Å². The number of hydrogen-bond donors (Lipinski definition) is 3. The monoisotopic (exact) mass is 611 g/mol. The van der Waals surface area contributed by atoms with Gasteiger partial charge in [0.15, 0.2) is 0 Å². The number of nitrogens with zero attached hydrogens (tertiary/aromatic N) is 2. The smallest absolute Gasteiger partial charge is 0.0971 e. The van der Waals surface area contributed by atoms with Crippen molar-refractivity contribution in [2.45, 2.75) is 44.6 Å². The van der Waals surface area contributed by atoms with Gasteiger partial charge in [-0.2, -0.15) is 5.10 Å². The lowest BCUT2D eigenvalue weighted by molar-refractivity contribution is 0.157. The van der Waals surface area contributed by atoms with Crippen molar-refractivity contribution >= 4 is 34.6 Å². The second-order valence-electron chi connectivity index (χ2n) is 11.7. The van der Waals surface area contributed by atoms with E-state index in [1.807, 2.05) is 30.3 Å². The highest BCUT2D eigenvalue weighted by atomic mass is 35.5. The Bertz CT molecular complexity index is 1600. The maximum Gasteiger partial charge on any atom is 0.0971 e. The van der Waals surface area contributed by atoms with Crippen LogP contribution in [0.2, 0.25) is 10.0 Å². The fourth-order valence-corrected chi connectivity index (χ4v) is 5.96. The van der Waals surface area contributed by atoms with E-state index in [1.54, 1.807) is 6.20 Å². The van der Waals surface area contributed by atoms with Crippen LogP contribution in [0.3, 0.4) is 0 Å². The van der Waals surface area contributed by atoms with Crippen molar-refractivity contribution in [1.29, 1.82) is 0 Å². The Kier molecular flexibility index (Phi) is 9.76. The Morgan fingerprint density at radius 3 is 2.35 bits per heavy atom. The van der Waals surface area contributed by atoms with Crippen molar-refractivity contribution in [3.63, 3.8) is 0 Å². The molecule has 0 heterocycles. The first-order chi connectivity index (χ1) is 20.7. The van der Waals surface area contributed by atoms with Gasteiger partial charge in [0.1, 0.15) is 0 Å². The topological polar surface area (TPSA) is 65.7 Å². The third-order valence-corrected chi connectivity index (χ3v) is 9.18. The summed E-state index contributed by atoms with van der Waals surface area (Å²) < 4.78 is 0. The maximum absolute atomic E-state index is 6.36. The SMILES string of the molecule is CN(CCc1ccc(NNN=C2C(=CN)C[C@@H](c3ccc(Cl)c(Cl)c3)c3ccccc32)cc1)C(C)(C)Cc1ccccc1. The molecule has 5 rings (SSSR count). The molecule has 0 spiro atoms. The lowest BCUT2D eigenvalue weighted by atomic mass is 9.76. The number of likely N-dealkylation sites (N-methyl/N-ethyl adjacent to an activating group) is 1. The van der Waals surface area contributed by atoms with E-state index in [0.717, 1.165) is 47.5 Å². The van der Waals surface area contributed by atoms with Gasteiger partial charge in [0.25, 0.3) is 0 Å². The highest BCUT2D eigenvalue weighted by Gasteiger charge is 2.29. The van der Waals surface area contributed by atoms with Gasteiger partial charge < -0.3 is 10.6 Å². The van der Waals surface area contributed by atoms with E-state index in [1.165, 1.54) is 16.7 Å². The van der Waals surface area contributed by atoms with Crippen molar-refractivity contribution in [2.24, 2.45) is 10.8 Å². The number of rotatable bonds is 10. The molecule has 222 valence electrons. The summed E-state index contributed by atoms with van der Waals surface area (Å²) in [4.78, 5) is 2.44. The molecule has 0 saturated carbocycles. The molecule has 5 nitrogen and oxygen atoms in total. The average molecular weight is 613 g/mol. The van der Waals surface area contributed by atoms with Gasteiger partial charge in [-0.25, -0.2) is 5.53 Å². The second-order valence-corrected chi connectivity index (χ2v) is 12.6. The van der Waals surface area contributed by atoms with E-state index in [2.05, 4.69) is 103 Å². The summed E-state index contributed by atoms with van der Waals surface area (Å²) in [6, 6.07) is 33.3. The molecule has 1 aliphatic rings. The number of hydrazine groups is 1. The molecular formula is C36H39Cl2N5. The number of halogens is 2. The predicted molar refractivity (Wildman–Crippen MR) is 182 cm³/mol. The van der Waals surface area contributed by atoms with E-state index in [0.29, 0.717) is 16.5 Å². The van der Waals surface area contributed by atoms with Crippen molar-refractivity contribution in [1.82, 2.24) is 10.4 Å². The summed E-state index contributed by atoms with van der Waals surface area (Å²) in [5.41, 5.74) is 21.1. The zero-order chi connectivity index (χ0) is 30.4. The summed E-state index contributed by atoms with van der Waals surface area (Å²) in [6.07, 6.45) is 4.35. The molecule has 0 fully saturated rings. The van der Waals surface area contributed by atoms with Gasteiger partial charge in [-0.05, 0) is 98.4 Å². The van der Waals surface area contributed by atoms with Crippen LogP contribution < -0.4 is 16.7 Å². The molecule has 4 N–H and O–H groups in total. The molecule has 1 atom stereocenters. The van der Waals surface area contributed by atoms with Crippen LogP contribution in [0.25, 0.3) is 0 Å². The average Bonchev–Trinajstić information content (AvgIpc) is 3.02. The van der Waals surface area contributed by atoms with Gasteiger partial charge in [-0.3, -0.25) is 5.43 Å². The molecule has 0 aliphatic heterocycles. The number of anilines is 1. The first kappa shape index (κ1) is 30.7. The molecule has 4 aromatic rings. The van der Waals surface area contributed by atoms with Crippen LogP contribution in [0.15, 0.2) is 114 Å². The number of allylic oxidation sites excluding steroid dienone is 1. The van der Waals surface area contributed by atoms with Gasteiger partial charge in [0.2, 0.25) is 0 Å². The molecule has 4 aromatic carbocycles. The number of nitrogens with two attached hydrogens (primary N) is 1. The summed E-state index contributed by atoms with van der Waals surface area (Å²) in [6.45, 7) is 5.60. The standard InChI is InChI=1S/C36H39Cl2N5/c1-36(2,23-26-9-5-4-6-10-26)43(3)20-19-25-13-16-29(17-14-25)40-42-41-35-28(24-39)21-32(30-11-7-8-12-31(30)35)27-15-18-33(37)34(38)22-27/h4-18,22,24,32,40,42H,19-21,23,39H2,1-3H3/t32-/m0/s1. The Labute approximate surface area is 265 Å². The van der Waals surface area contributed by atoms with Gasteiger partial charge in [0.05, 0.1) is 21.4 Å². The van der Waals surface area contributed by atoms with Crippen LogP contribution in [-0.2, 0) is 12.8 Å². The molecule has 0 radical (unpaired) electrons. The zero-order valence-electron chi connectivity index (χ0n) is 24.9. The van der Waals surface area contributed by atoms with Crippen LogP contribution in [0.4, 0.5) is 5.69 Å². The number of nitrogens with one attached hydrogen (secondary N) is 2. The quantitative estimate of drug-likeness (QED) is 0.158. The third kappa shape index (κ3) is 7.42. The van der Waals surface area contributed by atoms with Gasteiger partial charge in [0, 0.05) is 23.6 Å². The molecule has 7 heteroatoms. The van der Waals surface area contributed by atoms with E-state index in [9.17, 15) is 0 Å². The van der Waals surface area contributed by atoms with E-state index < -0.39 is 0 Å². The number of benzene rings is 4. The van der Waals surface area contributed by atoms with Crippen LogP contribution in [-0.4, -0.2) is 29.7 Å². The Hall–Kier alpha value is -3.77. The minimum absolute atomic E-state index is 0.0718. The van der Waals surface area contributed by atoms with Gasteiger partial charge in [-0.15, -0.1) is 0 Å². The second kappa shape index (κ2) is 13.7. The highest BCUT2D eigenvalue weighted by molar-refractivity contribution is 6.42. The molecule has 0 unspecified atom stereocenters. The van der Waals surface area contributed by atoms with Crippen molar-refractivity contribution in [3.05, 3.63) is 147 Å². The Morgan fingerprint density at radius 1 is 0.907 bits per heavy atom. The van der Waals surface area contributed by atoms with Crippen LogP contribution in [0.5, 0.6) is 0 Å². The van der Waals surface area contributed by atoms with Crippen molar-refractivity contribution < 1.29 is 0 Å². The summed E-state index contributed by atoms with van der Waals surface area (Å²) >= 11 is 12.5. The largest absolute Gasteiger partial charge is 0.404 e. The fourth-order valence-electron chi connectivity index (χ4n) is 5.65. The number of hydrazone groups is 1. The molecular weight excluding hydrogens is 573 g/mol. The van der Waals surface area contributed by atoms with E-state index in [-0.39, 0.29) is 11.5 Å². The summed E-state index contributed by atoms with van der Waals surface area (Å²) in [5.74, 6) is 0.100. The molecule has 0 amide bonds. The van der Waals surface area contributed by atoms with Crippen LogP contribution in [0, 0.1) is 0 Å². The van der Waals surface area contributed by atoms with Crippen LogP contribution >= 0.6 is 23.2 Å². The van der Waals surface area contributed by atoms with Crippen molar-refractivity contribution in [2.75, 3.05) is 19.0 Å². The normalized spacial score (nSPS) is 16.8. The summed E-state index contributed by atoms with van der Waals surface area (Å²) in [7, 11) is 2.21. The van der Waals surface area contributed by atoms with Gasteiger partial charge in [-0.1, -0.05) is 96.0 Å². The van der Waals surface area contributed by atoms with Crippen molar-refractivity contribution in [3.8, 4) is 0 Å². The number of hydrogen-bond acceptors (Lipinski definition) is 5. The maximum atomic E-state index is 6.36. The first-order valence-corrected chi connectivity index (χ1v) is 15.4. The molecule has 0 saturated heterocycles.